The molecule has 0 atom stereocenters. The fourth-order valence-corrected chi connectivity index (χ4v) is 4.80. The number of nitrogens with one attached hydrogen (secondary N) is 1. The van der Waals surface area contributed by atoms with Gasteiger partial charge in [0, 0.05) is 45.1 Å². The van der Waals surface area contributed by atoms with Crippen molar-refractivity contribution in [3.63, 3.8) is 0 Å². The first-order chi connectivity index (χ1) is 14.5. The van der Waals surface area contributed by atoms with Crippen LogP contribution in [-0.4, -0.2) is 87.3 Å². The van der Waals surface area contributed by atoms with Crippen molar-refractivity contribution in [2.45, 2.75) is 44.6 Å². The van der Waals surface area contributed by atoms with Gasteiger partial charge in [-0.05, 0) is 44.6 Å². The zero-order valence-corrected chi connectivity index (χ0v) is 17.5. The van der Waals surface area contributed by atoms with Crippen LogP contribution < -0.4 is 5.32 Å². The van der Waals surface area contributed by atoms with Crippen LogP contribution in [0.15, 0.2) is 18.6 Å². The van der Waals surface area contributed by atoms with Gasteiger partial charge in [-0.1, -0.05) is 6.92 Å². The number of urea groups is 1. The lowest BCUT2D eigenvalue weighted by Crippen LogP contribution is -2.55. The first kappa shape index (κ1) is 20.7. The van der Waals surface area contributed by atoms with E-state index in [1.807, 2.05) is 0 Å². The van der Waals surface area contributed by atoms with Crippen LogP contribution in [0.5, 0.6) is 0 Å². The number of aromatic nitrogens is 2. The molecule has 1 N–H and O–H groups in total. The average Bonchev–Trinajstić information content (AvgIpc) is 3.00. The summed E-state index contributed by atoms with van der Waals surface area (Å²) in [4.78, 5) is 51.8. The second kappa shape index (κ2) is 8.67. The number of nitrogens with zero attached hydrogens (tertiary/aromatic N) is 5. The molecule has 3 aliphatic heterocycles. The molecule has 0 aromatic carbocycles. The van der Waals surface area contributed by atoms with Gasteiger partial charge in [-0.3, -0.25) is 19.5 Å². The van der Waals surface area contributed by atoms with Crippen LogP contribution in [0.2, 0.25) is 0 Å². The minimum Gasteiger partial charge on any atom is -0.337 e. The molecule has 0 bridgehead atoms. The summed E-state index contributed by atoms with van der Waals surface area (Å²) in [5, 5.41) is 3.00. The van der Waals surface area contributed by atoms with Crippen LogP contribution in [-0.2, 0) is 4.79 Å². The van der Waals surface area contributed by atoms with Gasteiger partial charge in [-0.15, -0.1) is 0 Å². The molecule has 4 heterocycles. The summed E-state index contributed by atoms with van der Waals surface area (Å²) < 4.78 is 0. The molecule has 162 valence electrons. The number of hydrogen-bond donors (Lipinski definition) is 1. The Labute approximate surface area is 176 Å². The summed E-state index contributed by atoms with van der Waals surface area (Å²) in [5.74, 6) is 0.0250. The number of rotatable bonds is 5. The van der Waals surface area contributed by atoms with Crippen molar-refractivity contribution in [2.24, 2.45) is 5.92 Å². The second-order valence-electron chi connectivity index (χ2n) is 8.60. The van der Waals surface area contributed by atoms with Gasteiger partial charge in [0.05, 0.1) is 6.20 Å². The van der Waals surface area contributed by atoms with Crippen LogP contribution >= 0.6 is 0 Å². The Kier molecular flexibility index (Phi) is 5.99. The van der Waals surface area contributed by atoms with E-state index in [4.69, 9.17) is 0 Å². The summed E-state index contributed by atoms with van der Waals surface area (Å²) in [7, 11) is 0. The van der Waals surface area contributed by atoms with Crippen LogP contribution in [0.3, 0.4) is 0 Å². The van der Waals surface area contributed by atoms with Gasteiger partial charge in [0.25, 0.3) is 11.8 Å². The third-order valence-corrected chi connectivity index (χ3v) is 6.62. The second-order valence-corrected chi connectivity index (χ2v) is 8.60. The summed E-state index contributed by atoms with van der Waals surface area (Å²) in [6.07, 6.45) is 8.52. The molecule has 9 nitrogen and oxygen atoms in total. The van der Waals surface area contributed by atoms with Gasteiger partial charge in [-0.25, -0.2) is 9.78 Å². The zero-order chi connectivity index (χ0) is 21.1. The van der Waals surface area contributed by atoms with Gasteiger partial charge < -0.3 is 15.1 Å². The number of hydrogen-bond acceptors (Lipinski definition) is 6. The molecule has 0 saturated carbocycles. The molecule has 30 heavy (non-hydrogen) atoms. The summed E-state index contributed by atoms with van der Waals surface area (Å²) in [6.45, 7) is 6.50. The third kappa shape index (κ3) is 4.03. The molecule has 0 aliphatic carbocycles. The maximum absolute atomic E-state index is 13.1. The summed E-state index contributed by atoms with van der Waals surface area (Å²) in [6, 6.07) is -0.262. The Morgan fingerprint density at radius 1 is 1.17 bits per heavy atom. The number of amides is 4. The lowest BCUT2D eigenvalue weighted by atomic mass is 9.87. The van der Waals surface area contributed by atoms with E-state index in [0.717, 1.165) is 38.9 Å². The van der Waals surface area contributed by atoms with Gasteiger partial charge in [-0.2, -0.15) is 0 Å². The van der Waals surface area contributed by atoms with Gasteiger partial charge in [0.2, 0.25) is 0 Å². The largest absolute Gasteiger partial charge is 0.337 e. The van der Waals surface area contributed by atoms with Crippen molar-refractivity contribution in [1.29, 1.82) is 0 Å². The van der Waals surface area contributed by atoms with Gasteiger partial charge in [0.1, 0.15) is 11.2 Å². The smallest absolute Gasteiger partial charge is 0.325 e. The van der Waals surface area contributed by atoms with Gasteiger partial charge in [0.15, 0.2) is 0 Å². The van der Waals surface area contributed by atoms with Crippen molar-refractivity contribution in [3.05, 3.63) is 24.3 Å². The zero-order valence-electron chi connectivity index (χ0n) is 17.5. The van der Waals surface area contributed by atoms with E-state index in [-0.39, 0.29) is 23.8 Å². The third-order valence-electron chi connectivity index (χ3n) is 6.62. The minimum absolute atomic E-state index is 0.0679. The summed E-state index contributed by atoms with van der Waals surface area (Å²) >= 11 is 0. The number of piperidine rings is 2. The summed E-state index contributed by atoms with van der Waals surface area (Å²) in [5.41, 5.74) is -0.370. The number of carbonyl (C=O) groups is 3. The van der Waals surface area contributed by atoms with E-state index < -0.39 is 5.54 Å². The monoisotopic (exact) mass is 414 g/mol. The van der Waals surface area contributed by atoms with E-state index in [1.54, 1.807) is 11.1 Å². The predicted octanol–water partition coefficient (Wildman–Crippen LogP) is 1.13. The molecular weight excluding hydrogens is 384 g/mol. The van der Waals surface area contributed by atoms with Crippen molar-refractivity contribution < 1.29 is 14.4 Å². The van der Waals surface area contributed by atoms with Crippen LogP contribution in [0, 0.1) is 5.92 Å². The molecule has 0 unspecified atom stereocenters. The minimum atomic E-state index is -0.718. The van der Waals surface area contributed by atoms with Gasteiger partial charge >= 0.3 is 6.03 Å². The van der Waals surface area contributed by atoms with E-state index in [0.29, 0.717) is 38.2 Å². The predicted molar refractivity (Wildman–Crippen MR) is 110 cm³/mol. The van der Waals surface area contributed by atoms with Crippen molar-refractivity contribution in [3.8, 4) is 0 Å². The molecule has 3 saturated heterocycles. The fraction of sp³-hybridized carbons (Fsp3) is 0.667. The Morgan fingerprint density at radius 2 is 1.90 bits per heavy atom. The molecule has 0 radical (unpaired) electrons. The van der Waals surface area contributed by atoms with E-state index in [1.165, 1.54) is 17.3 Å². The van der Waals surface area contributed by atoms with Crippen molar-refractivity contribution in [2.75, 3.05) is 39.3 Å². The average molecular weight is 415 g/mol. The molecule has 4 rings (SSSR count). The highest BCUT2D eigenvalue weighted by Crippen LogP contribution is 2.31. The van der Waals surface area contributed by atoms with Crippen molar-refractivity contribution >= 4 is 17.8 Å². The maximum Gasteiger partial charge on any atom is 0.325 e. The first-order valence-corrected chi connectivity index (χ1v) is 10.9. The highest BCUT2D eigenvalue weighted by Gasteiger charge is 2.52. The Morgan fingerprint density at radius 3 is 2.53 bits per heavy atom. The van der Waals surface area contributed by atoms with E-state index in [9.17, 15) is 14.4 Å². The normalized spacial score (nSPS) is 22.6. The Balaban J connectivity index is 1.31. The quantitative estimate of drug-likeness (QED) is 0.725. The molecular formula is C21H30N6O3. The molecule has 1 aromatic rings. The fourth-order valence-electron chi connectivity index (χ4n) is 4.80. The molecule has 1 spiro atoms. The van der Waals surface area contributed by atoms with E-state index in [2.05, 4.69) is 27.1 Å². The maximum atomic E-state index is 13.1. The number of imide groups is 1. The Hall–Kier alpha value is -2.55. The first-order valence-electron chi connectivity index (χ1n) is 10.9. The lowest BCUT2D eigenvalue weighted by Gasteiger charge is -2.37. The van der Waals surface area contributed by atoms with Crippen LogP contribution in [0.25, 0.3) is 0 Å². The highest BCUT2D eigenvalue weighted by atomic mass is 16.2. The molecule has 4 amide bonds. The number of carbonyl (C=O) groups excluding carboxylic acids is 3. The Bertz CT molecular complexity index is 785. The number of likely N-dealkylation sites (tertiary alicyclic amines) is 2. The highest BCUT2D eigenvalue weighted by molar-refractivity contribution is 6.07. The lowest BCUT2D eigenvalue weighted by molar-refractivity contribution is -0.133. The molecule has 9 heteroatoms. The topological polar surface area (TPSA) is 98.7 Å². The van der Waals surface area contributed by atoms with E-state index >= 15 is 0 Å². The van der Waals surface area contributed by atoms with Crippen LogP contribution in [0.4, 0.5) is 4.79 Å². The molecule has 3 fully saturated rings. The molecule has 3 aliphatic rings. The standard InChI is InChI=1S/C21H30N6O3/c1-2-9-25-12-5-21(6-13-25)19(29)27(20(30)24-21)15-16-3-10-26(11-4-16)18(28)17-14-22-7-8-23-17/h7-8,14,16H,2-6,9-13,15H2,1H3,(H,24,30). The SMILES string of the molecule is CCCN1CCC2(CC1)NC(=O)N(CC1CCN(C(=O)c3cnccn3)CC1)C2=O. The molecule has 1 aromatic heterocycles. The van der Waals surface area contributed by atoms with Crippen molar-refractivity contribution in [1.82, 2.24) is 30.0 Å². The van der Waals surface area contributed by atoms with Crippen LogP contribution in [0.1, 0.15) is 49.5 Å².